The number of aliphatic hydroxyl groups is 12. The molecule has 0 unspecified atom stereocenters. The Morgan fingerprint density at radius 1 is 0.576 bits per heavy atom. The molecule has 0 aromatic rings. The van der Waals surface area contributed by atoms with E-state index >= 15 is 0 Å². The van der Waals surface area contributed by atoms with E-state index in [4.69, 9.17) is 10.2 Å². The number of hydrogen-bond acceptors (Lipinski definition) is 14. The molecule has 0 aromatic carbocycles. The van der Waals surface area contributed by atoms with Crippen LogP contribution in [0.3, 0.4) is 0 Å². The molecule has 0 atom stereocenters. The van der Waals surface area contributed by atoms with Crippen LogP contribution in [0.15, 0.2) is 0 Å². The van der Waals surface area contributed by atoms with Crippen molar-refractivity contribution in [1.29, 1.82) is 0 Å². The van der Waals surface area contributed by atoms with Gasteiger partial charge in [-0.25, -0.2) is 0 Å². The number of unbranched alkanes of at least 4 members (excludes halogenated alkanes) is 8. The molecule has 0 radical (unpaired) electrons. The first-order chi connectivity index (χ1) is 14.3. The monoisotopic (exact) mass is 482 g/mol. The smallest absolute Gasteiger partial charge is 0.544 e. The summed E-state index contributed by atoms with van der Waals surface area (Å²) in [5.74, 6) is -32.7. The van der Waals surface area contributed by atoms with Gasteiger partial charge in [-0.1, -0.05) is 58.3 Å². The van der Waals surface area contributed by atoms with E-state index in [1.807, 2.05) is 0 Å². The molecule has 0 bridgehead atoms. The Balaban J connectivity index is 0. The molecule has 0 aliphatic heterocycles. The van der Waals surface area contributed by atoms with Crippen LogP contribution in [-0.4, -0.2) is 102 Å². The van der Waals surface area contributed by atoms with Crippen molar-refractivity contribution in [3.8, 4) is 0 Å². The molecule has 0 saturated carbocycles. The van der Waals surface area contributed by atoms with Crippen LogP contribution in [0.4, 0.5) is 0 Å². The van der Waals surface area contributed by atoms with E-state index in [-0.39, 0.29) is 25.3 Å². The molecule has 0 aromatic heterocycles. The summed E-state index contributed by atoms with van der Waals surface area (Å²) in [4.78, 5) is 10.6. The van der Waals surface area contributed by atoms with Gasteiger partial charge in [-0.15, -0.1) is 0 Å². The van der Waals surface area contributed by atoms with Gasteiger partial charge in [0.2, 0.25) is 5.79 Å². The van der Waals surface area contributed by atoms with Gasteiger partial charge >= 0.3 is 18.9 Å². The second-order valence-electron chi connectivity index (χ2n) is 8.04. The third-order valence-electron chi connectivity index (χ3n) is 5.42. The Hall–Kier alpha value is -0.413. The van der Waals surface area contributed by atoms with Crippen molar-refractivity contribution in [3.63, 3.8) is 0 Å². The minimum atomic E-state index is -5.33. The van der Waals surface area contributed by atoms with Gasteiger partial charge in [0, 0.05) is 6.42 Å². The van der Waals surface area contributed by atoms with Crippen molar-refractivity contribution < 1.29 is 90.0 Å². The number of carboxylic acid groups (broad SMARTS) is 1. The number of hydrogen-bond donors (Lipinski definition) is 12. The van der Waals surface area contributed by atoms with Gasteiger partial charge in [0.1, 0.15) is 5.97 Å². The molecule has 192 valence electrons. The summed E-state index contributed by atoms with van der Waals surface area (Å²) in [5, 5.41) is 126. The van der Waals surface area contributed by atoms with Crippen LogP contribution in [0.2, 0.25) is 0 Å². The minimum absolute atomic E-state index is 0. The summed E-state index contributed by atoms with van der Waals surface area (Å²) in [6.45, 7) is 2.07. The number of aliphatic carboxylic acids is 1. The van der Waals surface area contributed by atoms with Gasteiger partial charge in [-0.2, -0.15) is 0 Å². The zero-order chi connectivity index (χ0) is 25.6. The van der Waals surface area contributed by atoms with Crippen molar-refractivity contribution in [2.45, 2.75) is 106 Å². The third-order valence-corrected chi connectivity index (χ3v) is 5.42. The van der Waals surface area contributed by atoms with Crippen molar-refractivity contribution in [1.82, 2.24) is 0 Å². The first-order valence-electron chi connectivity index (χ1n) is 10.2. The molecule has 0 heterocycles. The maximum absolute atomic E-state index is 10.6. The van der Waals surface area contributed by atoms with Crippen LogP contribution in [-0.2, 0) is 4.79 Å². The van der Waals surface area contributed by atoms with E-state index < -0.39 is 47.1 Å². The van der Waals surface area contributed by atoms with Crippen molar-refractivity contribution in [2.75, 3.05) is 0 Å². The fourth-order valence-corrected chi connectivity index (χ4v) is 3.01. The minimum Gasteiger partial charge on any atom is -0.544 e. The van der Waals surface area contributed by atoms with Crippen LogP contribution in [0, 0.1) is 0 Å². The van der Waals surface area contributed by atoms with E-state index in [0.717, 1.165) is 38.5 Å². The fraction of sp³-hybridized carbons (Fsp3) is 0.944. The van der Waals surface area contributed by atoms with Gasteiger partial charge in [0.15, 0.2) is 0 Å². The molecule has 0 rings (SSSR count). The first-order valence-corrected chi connectivity index (χ1v) is 10.2. The fourth-order valence-electron chi connectivity index (χ4n) is 3.01. The Labute approximate surface area is 202 Å². The SMILES string of the molecule is CCCCCCCCCCCC(O)(O)C(O)(O)C(O)(O)C(O)(O)C(O)(O)C(O)(O)C(=O)[O-].[Li+]. The molecule has 0 fully saturated rings. The van der Waals surface area contributed by atoms with Gasteiger partial charge in [0.25, 0.3) is 28.9 Å². The predicted octanol–water partition coefficient (Wildman–Crippen LogP) is -8.25. The molecule has 0 aliphatic rings. The molecule has 0 saturated heterocycles. The zero-order valence-electron chi connectivity index (χ0n) is 18.8. The summed E-state index contributed by atoms with van der Waals surface area (Å²) < 4.78 is 0. The molecular weight excluding hydrogens is 447 g/mol. The first kappa shape index (κ1) is 34.8. The van der Waals surface area contributed by atoms with Crippen molar-refractivity contribution in [3.05, 3.63) is 0 Å². The molecule has 0 amide bonds. The molecule has 0 aliphatic carbocycles. The summed E-state index contributed by atoms with van der Waals surface area (Å²) in [6, 6.07) is 0. The van der Waals surface area contributed by atoms with Gasteiger partial charge in [-0.3, -0.25) is 0 Å². The van der Waals surface area contributed by atoms with Gasteiger partial charge in [0.05, 0.1) is 0 Å². The Morgan fingerprint density at radius 2 is 0.909 bits per heavy atom. The Kier molecular flexibility index (Phi) is 13.2. The Morgan fingerprint density at radius 3 is 1.27 bits per heavy atom. The van der Waals surface area contributed by atoms with Crippen LogP contribution < -0.4 is 24.0 Å². The van der Waals surface area contributed by atoms with E-state index in [1.165, 1.54) is 0 Å². The molecule has 15 heteroatoms. The van der Waals surface area contributed by atoms with E-state index in [1.54, 1.807) is 0 Å². The van der Waals surface area contributed by atoms with Crippen LogP contribution in [0.25, 0.3) is 0 Å². The van der Waals surface area contributed by atoms with E-state index in [9.17, 15) is 61.0 Å². The Bertz CT molecular complexity index is 603. The maximum Gasteiger partial charge on any atom is 1.00 e. The second-order valence-corrected chi connectivity index (χ2v) is 8.04. The van der Waals surface area contributed by atoms with Crippen molar-refractivity contribution >= 4 is 5.97 Å². The molecule has 14 nitrogen and oxygen atoms in total. The second kappa shape index (κ2) is 12.5. The zero-order valence-corrected chi connectivity index (χ0v) is 18.8. The van der Waals surface area contributed by atoms with Crippen LogP contribution in [0.5, 0.6) is 0 Å². The third kappa shape index (κ3) is 7.06. The molecular formula is C18H35LiO14. The predicted molar refractivity (Wildman–Crippen MR) is 99.9 cm³/mol. The topological polar surface area (TPSA) is 283 Å². The summed E-state index contributed by atoms with van der Waals surface area (Å²) in [6.07, 6.45) is 5.70. The molecule has 12 N–H and O–H groups in total. The molecule has 0 spiro atoms. The average Bonchev–Trinajstić information content (AvgIpc) is 2.65. The van der Waals surface area contributed by atoms with E-state index in [2.05, 4.69) is 6.92 Å². The number of rotatable bonds is 16. The maximum atomic E-state index is 10.6. The summed E-state index contributed by atoms with van der Waals surface area (Å²) in [7, 11) is 0. The van der Waals surface area contributed by atoms with Crippen molar-refractivity contribution in [2.24, 2.45) is 0 Å². The van der Waals surface area contributed by atoms with Crippen LogP contribution >= 0.6 is 0 Å². The average molecular weight is 482 g/mol. The number of carbonyl (C=O) groups is 1. The van der Waals surface area contributed by atoms with Gasteiger partial charge < -0.3 is 71.2 Å². The number of carbonyl (C=O) groups excluding carboxylic acids is 1. The molecule has 33 heavy (non-hydrogen) atoms. The summed E-state index contributed by atoms with van der Waals surface area (Å²) >= 11 is 0. The number of carboxylic acids is 1. The van der Waals surface area contributed by atoms with Crippen LogP contribution in [0.1, 0.15) is 71.1 Å². The normalized spacial score (nSPS) is 14.2. The standard InChI is InChI=1S/C18H36O14.Li/c1-2-3-4-5-6-7-8-9-10-11-13(21,22)15(25,26)17(29,30)18(31,32)16(27,28)14(23,24)12(19)20;/h21-32H,2-11H2,1H3,(H,19,20);/q;+1/p-1. The van der Waals surface area contributed by atoms with E-state index in [0.29, 0.717) is 12.8 Å². The quantitative estimate of drug-likeness (QED) is 0.0553. The van der Waals surface area contributed by atoms with Gasteiger partial charge in [-0.05, 0) is 6.42 Å². The summed E-state index contributed by atoms with van der Waals surface area (Å²) in [5.41, 5.74) is 0. The largest absolute Gasteiger partial charge is 1.00 e.